The summed E-state index contributed by atoms with van der Waals surface area (Å²) in [7, 11) is 0. The molecule has 0 saturated heterocycles. The second kappa shape index (κ2) is 2.73. The number of rotatable bonds is 1. The summed E-state index contributed by atoms with van der Waals surface area (Å²) in [5, 5.41) is 0. The Morgan fingerprint density at radius 2 is 2.00 bits per heavy atom. The van der Waals surface area contributed by atoms with Crippen LogP contribution >= 0.6 is 0 Å². The SMILES string of the molecule is C=CN(C(N)=O)C(C)(C)C. The highest BCUT2D eigenvalue weighted by Crippen LogP contribution is 2.11. The van der Waals surface area contributed by atoms with E-state index in [0.717, 1.165) is 0 Å². The van der Waals surface area contributed by atoms with E-state index < -0.39 is 6.03 Å². The third kappa shape index (κ3) is 2.09. The van der Waals surface area contributed by atoms with Crippen molar-refractivity contribution in [2.24, 2.45) is 5.73 Å². The Labute approximate surface area is 61.5 Å². The van der Waals surface area contributed by atoms with Crippen molar-refractivity contribution in [2.45, 2.75) is 26.3 Å². The molecule has 0 bridgehead atoms. The highest BCUT2D eigenvalue weighted by Gasteiger charge is 2.21. The first kappa shape index (κ1) is 9.01. The first-order valence-corrected chi connectivity index (χ1v) is 3.11. The van der Waals surface area contributed by atoms with Gasteiger partial charge in [-0.05, 0) is 20.8 Å². The zero-order valence-corrected chi connectivity index (χ0v) is 6.72. The Bertz CT molecular complexity index is 146. The number of hydrogen-bond donors (Lipinski definition) is 1. The van der Waals surface area contributed by atoms with Crippen LogP contribution in [0.2, 0.25) is 0 Å². The Morgan fingerprint density at radius 1 is 1.60 bits per heavy atom. The van der Waals surface area contributed by atoms with Gasteiger partial charge in [-0.3, -0.25) is 4.90 Å². The first-order chi connectivity index (χ1) is 4.39. The largest absolute Gasteiger partial charge is 0.351 e. The van der Waals surface area contributed by atoms with Crippen LogP contribution in [0.25, 0.3) is 0 Å². The Balaban J connectivity index is 4.36. The summed E-state index contributed by atoms with van der Waals surface area (Å²) in [4.78, 5) is 12.0. The van der Waals surface area contributed by atoms with Crippen LogP contribution < -0.4 is 5.73 Å². The van der Waals surface area contributed by atoms with Crippen LogP contribution in [0.1, 0.15) is 20.8 Å². The molecule has 0 radical (unpaired) electrons. The smallest absolute Gasteiger partial charge is 0.319 e. The minimum absolute atomic E-state index is 0.270. The molecule has 0 fully saturated rings. The summed E-state index contributed by atoms with van der Waals surface area (Å²) in [5.41, 5.74) is 4.78. The fourth-order valence-electron chi connectivity index (χ4n) is 0.694. The van der Waals surface area contributed by atoms with Crippen LogP contribution in [0, 0.1) is 0 Å². The van der Waals surface area contributed by atoms with Crippen molar-refractivity contribution < 1.29 is 4.79 Å². The predicted molar refractivity (Wildman–Crippen MR) is 41.4 cm³/mol. The molecule has 2 amide bonds. The average molecular weight is 142 g/mol. The number of urea groups is 1. The van der Waals surface area contributed by atoms with E-state index in [1.54, 1.807) is 0 Å². The normalized spacial score (nSPS) is 10.7. The number of nitrogens with two attached hydrogens (primary N) is 1. The fourth-order valence-corrected chi connectivity index (χ4v) is 0.694. The number of hydrogen-bond acceptors (Lipinski definition) is 1. The molecule has 0 saturated carbocycles. The Kier molecular flexibility index (Phi) is 2.46. The third-order valence-corrected chi connectivity index (χ3v) is 1.14. The number of amides is 2. The molecule has 10 heavy (non-hydrogen) atoms. The standard InChI is InChI=1S/C7H14N2O/c1-5-9(6(8)10)7(2,3)4/h5H,1H2,2-4H3,(H2,8,10). The number of carbonyl (C=O) groups is 1. The molecular weight excluding hydrogens is 128 g/mol. The number of nitrogens with zero attached hydrogens (tertiary/aromatic N) is 1. The topological polar surface area (TPSA) is 46.3 Å². The van der Waals surface area contributed by atoms with Crippen molar-refractivity contribution in [1.29, 1.82) is 0 Å². The van der Waals surface area contributed by atoms with E-state index in [0.29, 0.717) is 0 Å². The van der Waals surface area contributed by atoms with E-state index in [1.165, 1.54) is 11.1 Å². The van der Waals surface area contributed by atoms with E-state index in [1.807, 2.05) is 20.8 Å². The fraction of sp³-hybridized carbons (Fsp3) is 0.571. The van der Waals surface area contributed by atoms with Crippen LogP contribution in [0.15, 0.2) is 12.8 Å². The summed E-state index contributed by atoms with van der Waals surface area (Å²) < 4.78 is 0. The minimum Gasteiger partial charge on any atom is -0.351 e. The van der Waals surface area contributed by atoms with E-state index in [9.17, 15) is 4.79 Å². The molecule has 0 atom stereocenters. The maximum Gasteiger partial charge on any atom is 0.319 e. The molecule has 3 heteroatoms. The average Bonchev–Trinajstić information content (AvgIpc) is 1.60. The van der Waals surface area contributed by atoms with Crippen LogP contribution in [0.4, 0.5) is 4.79 Å². The molecule has 0 heterocycles. The second-order valence-electron chi connectivity index (χ2n) is 3.06. The monoisotopic (exact) mass is 142 g/mol. The van der Waals surface area contributed by atoms with Gasteiger partial charge in [-0.25, -0.2) is 4.79 Å². The summed E-state index contributed by atoms with van der Waals surface area (Å²) in [6.07, 6.45) is 1.43. The zero-order valence-electron chi connectivity index (χ0n) is 6.72. The lowest BCUT2D eigenvalue weighted by molar-refractivity contribution is 0.188. The van der Waals surface area contributed by atoms with Crippen LogP contribution in [-0.2, 0) is 0 Å². The quantitative estimate of drug-likeness (QED) is 0.589. The molecule has 0 aromatic rings. The predicted octanol–water partition coefficient (Wildman–Crippen LogP) is 1.31. The zero-order chi connectivity index (χ0) is 8.36. The Hall–Kier alpha value is -0.990. The molecule has 0 spiro atoms. The van der Waals surface area contributed by atoms with Gasteiger partial charge in [0.25, 0.3) is 0 Å². The second-order valence-corrected chi connectivity index (χ2v) is 3.06. The van der Waals surface area contributed by atoms with Crippen LogP contribution in [0.3, 0.4) is 0 Å². The van der Waals surface area contributed by atoms with E-state index in [2.05, 4.69) is 6.58 Å². The molecule has 0 aliphatic heterocycles. The summed E-state index contributed by atoms with van der Waals surface area (Å²) in [6.45, 7) is 9.14. The highest BCUT2D eigenvalue weighted by molar-refractivity contribution is 5.73. The van der Waals surface area contributed by atoms with Gasteiger partial charge < -0.3 is 5.73 Å². The number of carbonyl (C=O) groups excluding carboxylic acids is 1. The lowest BCUT2D eigenvalue weighted by Gasteiger charge is -2.30. The molecule has 0 unspecified atom stereocenters. The molecular formula is C7H14N2O. The van der Waals surface area contributed by atoms with Crippen molar-refractivity contribution in [1.82, 2.24) is 4.90 Å². The van der Waals surface area contributed by atoms with Gasteiger partial charge in [0, 0.05) is 11.7 Å². The highest BCUT2D eigenvalue weighted by atomic mass is 16.2. The van der Waals surface area contributed by atoms with Gasteiger partial charge in [0.2, 0.25) is 0 Å². The van der Waals surface area contributed by atoms with Gasteiger partial charge >= 0.3 is 6.03 Å². The Morgan fingerprint density at radius 3 is 2.00 bits per heavy atom. The van der Waals surface area contributed by atoms with Gasteiger partial charge in [-0.2, -0.15) is 0 Å². The van der Waals surface area contributed by atoms with Gasteiger partial charge in [-0.15, -0.1) is 0 Å². The molecule has 0 aliphatic carbocycles. The summed E-state index contributed by atoms with van der Waals surface area (Å²) >= 11 is 0. The van der Waals surface area contributed by atoms with Crippen molar-refractivity contribution in [3.63, 3.8) is 0 Å². The van der Waals surface area contributed by atoms with E-state index in [4.69, 9.17) is 5.73 Å². The van der Waals surface area contributed by atoms with Gasteiger partial charge in [-0.1, -0.05) is 6.58 Å². The minimum atomic E-state index is -0.470. The maximum absolute atomic E-state index is 10.7. The lowest BCUT2D eigenvalue weighted by Crippen LogP contribution is -2.44. The van der Waals surface area contributed by atoms with Gasteiger partial charge in [0.05, 0.1) is 0 Å². The molecule has 2 N–H and O–H groups in total. The van der Waals surface area contributed by atoms with Crippen LogP contribution in [-0.4, -0.2) is 16.5 Å². The molecule has 0 aromatic carbocycles. The summed E-state index contributed by atoms with van der Waals surface area (Å²) in [5.74, 6) is 0. The van der Waals surface area contributed by atoms with Gasteiger partial charge in [0.1, 0.15) is 0 Å². The van der Waals surface area contributed by atoms with Crippen LogP contribution in [0.5, 0.6) is 0 Å². The number of primary amides is 1. The third-order valence-electron chi connectivity index (χ3n) is 1.14. The molecule has 58 valence electrons. The lowest BCUT2D eigenvalue weighted by atomic mass is 10.1. The molecule has 0 aromatic heterocycles. The van der Waals surface area contributed by atoms with Crippen molar-refractivity contribution in [2.75, 3.05) is 0 Å². The maximum atomic E-state index is 10.7. The van der Waals surface area contributed by atoms with Crippen molar-refractivity contribution in [3.05, 3.63) is 12.8 Å². The summed E-state index contributed by atoms with van der Waals surface area (Å²) in [6, 6.07) is -0.470. The van der Waals surface area contributed by atoms with Crippen molar-refractivity contribution in [3.8, 4) is 0 Å². The molecule has 3 nitrogen and oxygen atoms in total. The first-order valence-electron chi connectivity index (χ1n) is 3.11. The van der Waals surface area contributed by atoms with Crippen molar-refractivity contribution >= 4 is 6.03 Å². The van der Waals surface area contributed by atoms with E-state index in [-0.39, 0.29) is 5.54 Å². The molecule has 0 aliphatic rings. The van der Waals surface area contributed by atoms with Gasteiger partial charge in [0.15, 0.2) is 0 Å². The van der Waals surface area contributed by atoms with E-state index >= 15 is 0 Å². The molecule has 0 rings (SSSR count).